The molecule has 0 saturated heterocycles. The molecule has 0 aliphatic carbocycles. The summed E-state index contributed by atoms with van der Waals surface area (Å²) in [5, 5.41) is 12.6. The van der Waals surface area contributed by atoms with Crippen LogP contribution in [0.5, 0.6) is 0 Å². The van der Waals surface area contributed by atoms with Gasteiger partial charge in [-0.1, -0.05) is 28.9 Å². The Kier molecular flexibility index (Phi) is 5.58. The smallest absolute Gasteiger partial charge is 0.276 e. The van der Waals surface area contributed by atoms with Crippen LogP contribution >= 0.6 is 11.6 Å². The van der Waals surface area contributed by atoms with E-state index in [0.717, 1.165) is 5.56 Å². The molecule has 0 bridgehead atoms. The number of benzene rings is 1. The number of carbonyl (C=O) groups excluding carboxylic acids is 1. The maximum Gasteiger partial charge on any atom is 0.276 e. The quantitative estimate of drug-likeness (QED) is 0.450. The number of amides is 1. The molecule has 4 aromatic rings. The number of hydrogen-bond acceptors (Lipinski definition) is 7. The van der Waals surface area contributed by atoms with Crippen molar-refractivity contribution in [1.29, 1.82) is 0 Å². The minimum absolute atomic E-state index is 0.128. The molecule has 0 radical (unpaired) electrons. The number of carbonyl (C=O) groups is 1. The van der Waals surface area contributed by atoms with Crippen molar-refractivity contribution in [2.75, 3.05) is 0 Å². The van der Waals surface area contributed by atoms with Crippen LogP contribution < -0.4 is 0 Å². The first-order chi connectivity index (χ1) is 14.5. The Morgan fingerprint density at radius 2 is 2.00 bits per heavy atom. The zero-order chi connectivity index (χ0) is 21.1. The highest BCUT2D eigenvalue weighted by atomic mass is 35.5. The minimum Gasteiger partial charge on any atom is -0.419 e. The van der Waals surface area contributed by atoms with E-state index in [1.807, 2.05) is 32.0 Å². The Labute approximate surface area is 177 Å². The zero-order valence-corrected chi connectivity index (χ0v) is 17.1. The van der Waals surface area contributed by atoms with Crippen molar-refractivity contribution in [2.24, 2.45) is 0 Å². The van der Waals surface area contributed by atoms with E-state index in [1.165, 1.54) is 0 Å². The summed E-state index contributed by atoms with van der Waals surface area (Å²) in [6, 6.07) is 12.3. The van der Waals surface area contributed by atoms with Gasteiger partial charge in [0.05, 0.1) is 17.1 Å². The lowest BCUT2D eigenvalue weighted by Gasteiger charge is -2.23. The van der Waals surface area contributed by atoms with Crippen LogP contribution in [0.25, 0.3) is 22.8 Å². The molecule has 9 heteroatoms. The Hall–Kier alpha value is -3.52. The molecule has 1 amide bonds. The van der Waals surface area contributed by atoms with Crippen molar-refractivity contribution in [2.45, 2.75) is 26.4 Å². The van der Waals surface area contributed by atoms with E-state index in [0.29, 0.717) is 28.1 Å². The molecule has 3 aromatic heterocycles. The van der Waals surface area contributed by atoms with E-state index in [4.69, 9.17) is 20.5 Å². The fourth-order valence-electron chi connectivity index (χ4n) is 2.86. The molecule has 0 fully saturated rings. The predicted molar refractivity (Wildman–Crippen MR) is 109 cm³/mol. The lowest BCUT2D eigenvalue weighted by atomic mass is 10.2. The number of halogens is 1. The Morgan fingerprint density at radius 1 is 1.17 bits per heavy atom. The Morgan fingerprint density at radius 3 is 2.73 bits per heavy atom. The first kappa shape index (κ1) is 19.8. The van der Waals surface area contributed by atoms with Crippen LogP contribution in [0.2, 0.25) is 5.02 Å². The molecule has 30 heavy (non-hydrogen) atoms. The van der Waals surface area contributed by atoms with E-state index < -0.39 is 0 Å². The fraction of sp³-hybridized carbons (Fsp3) is 0.190. The van der Waals surface area contributed by atoms with Crippen LogP contribution in [-0.2, 0) is 6.54 Å². The van der Waals surface area contributed by atoms with Crippen molar-refractivity contribution in [1.82, 2.24) is 25.2 Å². The maximum atomic E-state index is 13.0. The van der Waals surface area contributed by atoms with Crippen molar-refractivity contribution in [3.8, 4) is 22.8 Å². The predicted octanol–water partition coefficient (Wildman–Crippen LogP) is 4.49. The number of hydrogen-bond donors (Lipinski definition) is 0. The topological polar surface area (TPSA) is 98.2 Å². The van der Waals surface area contributed by atoms with Gasteiger partial charge in [0, 0.05) is 30.1 Å². The van der Waals surface area contributed by atoms with E-state index >= 15 is 0 Å². The van der Waals surface area contributed by atoms with Gasteiger partial charge in [-0.2, -0.15) is 0 Å². The summed E-state index contributed by atoms with van der Waals surface area (Å²) in [4.78, 5) is 18.7. The first-order valence-electron chi connectivity index (χ1n) is 9.28. The molecule has 1 aromatic carbocycles. The van der Waals surface area contributed by atoms with E-state index in [9.17, 15) is 4.79 Å². The SMILES string of the molecule is CC(C)N(Cc1nnc(-c2ccccc2Cl)o1)C(=O)c1cc(-c2cccnc2)on1. The second kappa shape index (κ2) is 8.46. The number of rotatable bonds is 6. The van der Waals surface area contributed by atoms with Gasteiger partial charge in [0.15, 0.2) is 11.5 Å². The highest BCUT2D eigenvalue weighted by Crippen LogP contribution is 2.27. The molecule has 0 saturated carbocycles. The number of nitrogens with zero attached hydrogens (tertiary/aromatic N) is 5. The summed E-state index contributed by atoms with van der Waals surface area (Å²) in [5.74, 6) is 0.755. The van der Waals surface area contributed by atoms with Crippen LogP contribution in [0.1, 0.15) is 30.2 Å². The second-order valence-corrected chi connectivity index (χ2v) is 7.23. The van der Waals surface area contributed by atoms with Gasteiger partial charge in [-0.15, -0.1) is 10.2 Å². The molecular formula is C21H18ClN5O3. The Bertz CT molecular complexity index is 1160. The molecule has 0 unspecified atom stereocenters. The third kappa shape index (κ3) is 4.08. The lowest BCUT2D eigenvalue weighted by molar-refractivity contribution is 0.0662. The average Bonchev–Trinajstić information content (AvgIpc) is 3.42. The van der Waals surface area contributed by atoms with Gasteiger partial charge in [-0.3, -0.25) is 9.78 Å². The van der Waals surface area contributed by atoms with Gasteiger partial charge in [0.25, 0.3) is 5.91 Å². The molecule has 0 spiro atoms. The molecule has 0 aliphatic heterocycles. The van der Waals surface area contributed by atoms with Crippen molar-refractivity contribution in [3.05, 3.63) is 71.5 Å². The lowest BCUT2D eigenvalue weighted by Crippen LogP contribution is -2.36. The normalized spacial score (nSPS) is 11.1. The van der Waals surface area contributed by atoms with Gasteiger partial charge >= 0.3 is 0 Å². The van der Waals surface area contributed by atoms with Gasteiger partial charge in [-0.25, -0.2) is 0 Å². The van der Waals surface area contributed by atoms with Gasteiger partial charge in [0.2, 0.25) is 11.8 Å². The summed E-state index contributed by atoms with van der Waals surface area (Å²) in [7, 11) is 0. The van der Waals surface area contributed by atoms with E-state index in [1.54, 1.807) is 41.6 Å². The van der Waals surface area contributed by atoms with Gasteiger partial charge in [-0.05, 0) is 38.1 Å². The molecule has 8 nitrogen and oxygen atoms in total. The number of aromatic nitrogens is 4. The molecular weight excluding hydrogens is 406 g/mol. The van der Waals surface area contributed by atoms with Crippen molar-refractivity contribution >= 4 is 17.5 Å². The maximum absolute atomic E-state index is 13.0. The van der Waals surface area contributed by atoms with E-state index in [-0.39, 0.29) is 24.2 Å². The third-order valence-corrected chi connectivity index (χ3v) is 4.77. The third-order valence-electron chi connectivity index (χ3n) is 4.44. The molecule has 152 valence electrons. The average molecular weight is 424 g/mol. The zero-order valence-electron chi connectivity index (χ0n) is 16.3. The largest absolute Gasteiger partial charge is 0.419 e. The molecule has 0 aliphatic rings. The van der Waals surface area contributed by atoms with E-state index in [2.05, 4.69) is 20.3 Å². The fourth-order valence-corrected chi connectivity index (χ4v) is 3.08. The number of pyridine rings is 1. The van der Waals surface area contributed by atoms with Crippen LogP contribution in [0.4, 0.5) is 0 Å². The summed E-state index contributed by atoms with van der Waals surface area (Å²) in [6.45, 7) is 3.92. The Balaban J connectivity index is 1.54. The van der Waals surface area contributed by atoms with Gasteiger partial charge < -0.3 is 13.8 Å². The summed E-state index contributed by atoms with van der Waals surface area (Å²) in [5.41, 5.74) is 1.56. The van der Waals surface area contributed by atoms with Crippen LogP contribution in [0.15, 0.2) is 63.8 Å². The monoisotopic (exact) mass is 423 g/mol. The van der Waals surface area contributed by atoms with Crippen LogP contribution in [-0.4, -0.2) is 37.2 Å². The van der Waals surface area contributed by atoms with Crippen molar-refractivity contribution < 1.29 is 13.7 Å². The molecule has 3 heterocycles. The highest BCUT2D eigenvalue weighted by Gasteiger charge is 2.25. The first-order valence-corrected chi connectivity index (χ1v) is 9.66. The summed E-state index contributed by atoms with van der Waals surface area (Å²) < 4.78 is 11.1. The molecule has 0 atom stereocenters. The van der Waals surface area contributed by atoms with Crippen molar-refractivity contribution in [3.63, 3.8) is 0 Å². The standard InChI is InChI=1S/C21H18ClN5O3/c1-13(2)27(12-19-24-25-20(29-19)15-7-3-4-8-16(15)22)21(28)17-10-18(30-26-17)14-6-5-9-23-11-14/h3-11,13H,12H2,1-2H3. The van der Waals surface area contributed by atoms with Gasteiger partial charge in [0.1, 0.15) is 0 Å². The van der Waals surface area contributed by atoms with Crippen LogP contribution in [0, 0.1) is 0 Å². The molecule has 0 N–H and O–H groups in total. The second-order valence-electron chi connectivity index (χ2n) is 6.83. The highest BCUT2D eigenvalue weighted by molar-refractivity contribution is 6.33. The summed E-state index contributed by atoms with van der Waals surface area (Å²) in [6.07, 6.45) is 3.30. The van der Waals surface area contributed by atoms with Crippen LogP contribution in [0.3, 0.4) is 0 Å². The minimum atomic E-state index is -0.304. The summed E-state index contributed by atoms with van der Waals surface area (Å²) >= 11 is 6.19. The molecule has 4 rings (SSSR count).